The summed E-state index contributed by atoms with van der Waals surface area (Å²) in [5.41, 5.74) is 6.54. The zero-order chi connectivity index (χ0) is 15.7. The summed E-state index contributed by atoms with van der Waals surface area (Å²) in [5.74, 6) is 0.907. The molecular weight excluding hydrogens is 260 g/mol. The summed E-state index contributed by atoms with van der Waals surface area (Å²) < 4.78 is 5.38. The van der Waals surface area contributed by atoms with Crippen LogP contribution in [0.15, 0.2) is 0 Å². The highest BCUT2D eigenvalue weighted by Crippen LogP contribution is 2.37. The van der Waals surface area contributed by atoms with Gasteiger partial charge in [-0.05, 0) is 38.0 Å². The SMILES string of the molecule is CCC1CCCC(CN)(N(CCOC)C(CC)CC)CC1. The summed E-state index contributed by atoms with van der Waals surface area (Å²) in [5, 5.41) is 0. The largest absolute Gasteiger partial charge is 0.383 e. The van der Waals surface area contributed by atoms with Crippen molar-refractivity contribution in [3.05, 3.63) is 0 Å². The van der Waals surface area contributed by atoms with Crippen molar-refractivity contribution in [3.8, 4) is 0 Å². The van der Waals surface area contributed by atoms with Crippen LogP contribution in [0.5, 0.6) is 0 Å². The van der Waals surface area contributed by atoms with E-state index >= 15 is 0 Å². The molecule has 0 aromatic rings. The smallest absolute Gasteiger partial charge is 0.0590 e. The lowest BCUT2D eigenvalue weighted by Crippen LogP contribution is -2.58. The van der Waals surface area contributed by atoms with Crippen LogP contribution in [-0.2, 0) is 4.74 Å². The second-order valence-electron chi connectivity index (χ2n) is 6.79. The molecule has 126 valence electrons. The Balaban J connectivity index is 2.91. The van der Waals surface area contributed by atoms with Crippen molar-refractivity contribution in [2.45, 2.75) is 83.7 Å². The van der Waals surface area contributed by atoms with Crippen LogP contribution in [-0.4, -0.2) is 43.3 Å². The number of ether oxygens (including phenoxy) is 1. The second kappa shape index (κ2) is 9.81. The number of hydrogen-bond acceptors (Lipinski definition) is 3. The van der Waals surface area contributed by atoms with E-state index in [1.54, 1.807) is 7.11 Å². The van der Waals surface area contributed by atoms with E-state index in [1.807, 2.05) is 0 Å². The van der Waals surface area contributed by atoms with E-state index in [-0.39, 0.29) is 5.54 Å². The molecule has 1 rings (SSSR count). The third kappa shape index (κ3) is 4.94. The van der Waals surface area contributed by atoms with Crippen LogP contribution >= 0.6 is 0 Å². The molecule has 1 aliphatic carbocycles. The fourth-order valence-corrected chi connectivity index (χ4v) is 4.20. The van der Waals surface area contributed by atoms with Gasteiger partial charge in [0.15, 0.2) is 0 Å². The van der Waals surface area contributed by atoms with Crippen molar-refractivity contribution >= 4 is 0 Å². The third-order valence-electron chi connectivity index (χ3n) is 5.76. The first-order valence-corrected chi connectivity index (χ1v) is 9.13. The summed E-state index contributed by atoms with van der Waals surface area (Å²) in [6, 6.07) is 0.641. The molecule has 0 bridgehead atoms. The van der Waals surface area contributed by atoms with Crippen LogP contribution in [0.1, 0.15) is 72.1 Å². The zero-order valence-corrected chi connectivity index (χ0v) is 14.9. The molecule has 21 heavy (non-hydrogen) atoms. The van der Waals surface area contributed by atoms with Gasteiger partial charge in [-0.1, -0.05) is 40.0 Å². The quantitative estimate of drug-likeness (QED) is 0.658. The van der Waals surface area contributed by atoms with Gasteiger partial charge in [-0.2, -0.15) is 0 Å². The lowest BCUT2D eigenvalue weighted by Gasteiger charge is -2.47. The van der Waals surface area contributed by atoms with Crippen molar-refractivity contribution in [3.63, 3.8) is 0 Å². The molecule has 1 aliphatic rings. The number of hydrogen-bond donors (Lipinski definition) is 1. The van der Waals surface area contributed by atoms with E-state index < -0.39 is 0 Å². The first-order chi connectivity index (χ1) is 10.2. The number of methoxy groups -OCH3 is 1. The maximum Gasteiger partial charge on any atom is 0.0590 e. The lowest BCUT2D eigenvalue weighted by atomic mass is 9.85. The molecule has 2 atom stereocenters. The molecule has 0 spiro atoms. The van der Waals surface area contributed by atoms with E-state index in [0.717, 1.165) is 25.6 Å². The molecule has 3 nitrogen and oxygen atoms in total. The van der Waals surface area contributed by atoms with Crippen molar-refractivity contribution in [2.75, 3.05) is 26.8 Å². The molecule has 0 aromatic heterocycles. The van der Waals surface area contributed by atoms with Crippen LogP contribution in [0.3, 0.4) is 0 Å². The second-order valence-corrected chi connectivity index (χ2v) is 6.79. The standard InChI is InChI=1S/C18H38N2O/c1-5-16-9-8-11-18(15-19,12-10-16)20(13-14-21-4)17(6-2)7-3/h16-17H,5-15,19H2,1-4H3. The lowest BCUT2D eigenvalue weighted by molar-refractivity contribution is 0.00913. The highest BCUT2D eigenvalue weighted by atomic mass is 16.5. The van der Waals surface area contributed by atoms with Gasteiger partial charge in [0.2, 0.25) is 0 Å². The average Bonchev–Trinajstić information content (AvgIpc) is 2.74. The zero-order valence-electron chi connectivity index (χ0n) is 14.9. The Kier molecular flexibility index (Phi) is 8.84. The van der Waals surface area contributed by atoms with E-state index in [9.17, 15) is 0 Å². The van der Waals surface area contributed by atoms with Crippen molar-refractivity contribution < 1.29 is 4.74 Å². The minimum Gasteiger partial charge on any atom is -0.383 e. The first kappa shape index (κ1) is 18.9. The van der Waals surface area contributed by atoms with Crippen molar-refractivity contribution in [1.82, 2.24) is 4.90 Å². The summed E-state index contributed by atoms with van der Waals surface area (Å²) >= 11 is 0. The molecule has 0 saturated heterocycles. The fourth-order valence-electron chi connectivity index (χ4n) is 4.20. The Morgan fingerprint density at radius 2 is 1.90 bits per heavy atom. The van der Waals surface area contributed by atoms with Gasteiger partial charge in [-0.15, -0.1) is 0 Å². The van der Waals surface area contributed by atoms with Gasteiger partial charge in [-0.3, -0.25) is 4.90 Å². The molecule has 1 fully saturated rings. The molecule has 0 amide bonds. The van der Waals surface area contributed by atoms with Crippen molar-refractivity contribution in [1.29, 1.82) is 0 Å². The van der Waals surface area contributed by atoms with E-state index in [1.165, 1.54) is 51.4 Å². The molecule has 1 saturated carbocycles. The average molecular weight is 299 g/mol. The highest BCUT2D eigenvalue weighted by Gasteiger charge is 2.39. The maximum absolute atomic E-state index is 6.33. The Morgan fingerprint density at radius 1 is 1.19 bits per heavy atom. The monoisotopic (exact) mass is 298 g/mol. The number of rotatable bonds is 9. The molecule has 2 unspecified atom stereocenters. The minimum absolute atomic E-state index is 0.207. The maximum atomic E-state index is 6.33. The molecule has 0 aliphatic heterocycles. The topological polar surface area (TPSA) is 38.5 Å². The van der Waals surface area contributed by atoms with Gasteiger partial charge < -0.3 is 10.5 Å². The van der Waals surface area contributed by atoms with E-state index in [0.29, 0.717) is 6.04 Å². The molecule has 2 N–H and O–H groups in total. The Morgan fingerprint density at radius 3 is 2.43 bits per heavy atom. The summed E-state index contributed by atoms with van der Waals surface area (Å²) in [4.78, 5) is 2.72. The fraction of sp³-hybridized carbons (Fsp3) is 1.00. The van der Waals surface area contributed by atoms with Gasteiger partial charge in [0.1, 0.15) is 0 Å². The van der Waals surface area contributed by atoms with Gasteiger partial charge >= 0.3 is 0 Å². The Hall–Kier alpha value is -0.120. The van der Waals surface area contributed by atoms with Crippen LogP contribution < -0.4 is 5.73 Å². The molecule has 0 aromatic carbocycles. The van der Waals surface area contributed by atoms with Crippen LogP contribution in [0.4, 0.5) is 0 Å². The van der Waals surface area contributed by atoms with Gasteiger partial charge in [0, 0.05) is 31.8 Å². The van der Waals surface area contributed by atoms with Gasteiger partial charge in [0.25, 0.3) is 0 Å². The van der Waals surface area contributed by atoms with E-state index in [4.69, 9.17) is 10.5 Å². The first-order valence-electron chi connectivity index (χ1n) is 9.13. The van der Waals surface area contributed by atoms with Crippen LogP contribution in [0, 0.1) is 5.92 Å². The Bertz CT molecular complexity index is 268. The molecular formula is C18H38N2O. The van der Waals surface area contributed by atoms with Gasteiger partial charge in [0.05, 0.1) is 6.61 Å². The Labute approximate surface area is 132 Å². The normalized spacial score (nSPS) is 27.3. The predicted octanol–water partition coefficient (Wildman–Crippen LogP) is 3.81. The summed E-state index contributed by atoms with van der Waals surface area (Å²) in [7, 11) is 1.81. The van der Waals surface area contributed by atoms with Crippen LogP contribution in [0.25, 0.3) is 0 Å². The minimum atomic E-state index is 0.207. The number of nitrogens with zero attached hydrogens (tertiary/aromatic N) is 1. The van der Waals surface area contributed by atoms with E-state index in [2.05, 4.69) is 25.7 Å². The summed E-state index contributed by atoms with van der Waals surface area (Å²) in [6.07, 6.45) is 10.3. The van der Waals surface area contributed by atoms with Crippen LogP contribution in [0.2, 0.25) is 0 Å². The third-order valence-corrected chi connectivity index (χ3v) is 5.76. The summed E-state index contributed by atoms with van der Waals surface area (Å²) in [6.45, 7) is 9.59. The molecule has 0 radical (unpaired) electrons. The van der Waals surface area contributed by atoms with Gasteiger partial charge in [-0.25, -0.2) is 0 Å². The molecule has 3 heteroatoms. The predicted molar refractivity (Wildman–Crippen MR) is 91.6 cm³/mol. The number of nitrogens with two attached hydrogens (primary N) is 1. The highest BCUT2D eigenvalue weighted by molar-refractivity contribution is 4.96. The van der Waals surface area contributed by atoms with Crippen molar-refractivity contribution in [2.24, 2.45) is 11.7 Å². The molecule has 0 heterocycles.